The number of anilines is 3. The van der Waals surface area contributed by atoms with Gasteiger partial charge in [0.05, 0.1) is 4.90 Å². The van der Waals surface area contributed by atoms with E-state index in [0.717, 1.165) is 12.8 Å². The number of carbonyl (C=O) groups excluding carboxylic acids is 1. The van der Waals surface area contributed by atoms with E-state index in [4.69, 9.17) is 10.3 Å². The SMILES string of the molecule is CC1(C(=O)Nc2ccc(NS(=O)(=O)c3cccc(-c4noc(-c5csc(N)n5)n4)c3)cc2)CC1. The highest BCUT2D eigenvalue weighted by Gasteiger charge is 2.44. The second-order valence-electron chi connectivity index (χ2n) is 8.22. The number of hydrogen-bond acceptors (Lipinski definition) is 9. The van der Waals surface area contributed by atoms with Crippen molar-refractivity contribution < 1.29 is 17.7 Å². The molecule has 2 heterocycles. The summed E-state index contributed by atoms with van der Waals surface area (Å²) in [5, 5.41) is 8.85. The molecule has 4 aromatic rings. The molecule has 174 valence electrons. The molecule has 34 heavy (non-hydrogen) atoms. The van der Waals surface area contributed by atoms with Crippen molar-refractivity contribution in [1.29, 1.82) is 0 Å². The van der Waals surface area contributed by atoms with Crippen LogP contribution in [0.25, 0.3) is 23.0 Å². The lowest BCUT2D eigenvalue weighted by Gasteiger charge is -2.12. The number of nitrogens with zero attached hydrogens (tertiary/aromatic N) is 3. The van der Waals surface area contributed by atoms with E-state index in [-0.39, 0.29) is 27.9 Å². The minimum absolute atomic E-state index is 0.0273. The molecule has 12 heteroatoms. The first-order valence-electron chi connectivity index (χ1n) is 10.3. The number of nitrogens with two attached hydrogens (primary N) is 1. The molecule has 1 fully saturated rings. The van der Waals surface area contributed by atoms with Gasteiger partial charge >= 0.3 is 0 Å². The molecular weight excluding hydrogens is 476 g/mol. The number of aromatic nitrogens is 3. The minimum atomic E-state index is -3.89. The van der Waals surface area contributed by atoms with Crippen molar-refractivity contribution in [2.45, 2.75) is 24.7 Å². The van der Waals surface area contributed by atoms with Crippen LogP contribution in [0.1, 0.15) is 19.8 Å². The Morgan fingerprint density at radius 3 is 2.53 bits per heavy atom. The zero-order valence-corrected chi connectivity index (χ0v) is 19.6. The summed E-state index contributed by atoms with van der Waals surface area (Å²) in [5.74, 6) is 0.390. The highest BCUT2D eigenvalue weighted by Crippen LogP contribution is 2.45. The highest BCUT2D eigenvalue weighted by atomic mass is 32.2. The van der Waals surface area contributed by atoms with E-state index in [2.05, 4.69) is 25.2 Å². The van der Waals surface area contributed by atoms with Crippen molar-refractivity contribution in [1.82, 2.24) is 15.1 Å². The molecule has 0 bridgehead atoms. The molecule has 0 unspecified atom stereocenters. The van der Waals surface area contributed by atoms with E-state index in [1.165, 1.54) is 23.5 Å². The quantitative estimate of drug-likeness (QED) is 0.347. The number of amides is 1. The summed E-state index contributed by atoms with van der Waals surface area (Å²) in [5.41, 5.74) is 7.24. The molecule has 0 atom stereocenters. The first-order chi connectivity index (χ1) is 16.2. The Balaban J connectivity index is 1.31. The Hall–Kier alpha value is -3.77. The Kier molecular flexibility index (Phi) is 5.33. The molecule has 1 aliphatic rings. The van der Waals surface area contributed by atoms with E-state index in [0.29, 0.717) is 27.8 Å². The van der Waals surface area contributed by atoms with Gasteiger partial charge in [0.2, 0.25) is 11.7 Å². The summed E-state index contributed by atoms with van der Waals surface area (Å²) < 4.78 is 33.7. The lowest BCUT2D eigenvalue weighted by Crippen LogP contribution is -2.21. The molecule has 0 spiro atoms. The van der Waals surface area contributed by atoms with Crippen LogP contribution in [0, 0.1) is 5.41 Å². The number of rotatable bonds is 7. The number of thiazole rings is 1. The number of hydrogen-bond donors (Lipinski definition) is 3. The molecule has 10 nitrogen and oxygen atoms in total. The summed E-state index contributed by atoms with van der Waals surface area (Å²) in [6.07, 6.45) is 1.75. The van der Waals surface area contributed by atoms with Crippen LogP contribution >= 0.6 is 11.3 Å². The van der Waals surface area contributed by atoms with Gasteiger partial charge in [-0.05, 0) is 49.2 Å². The third-order valence-electron chi connectivity index (χ3n) is 5.51. The lowest BCUT2D eigenvalue weighted by atomic mass is 10.1. The van der Waals surface area contributed by atoms with E-state index >= 15 is 0 Å². The summed E-state index contributed by atoms with van der Waals surface area (Å²) in [4.78, 5) is 20.6. The standard InChI is InChI=1S/C22H20N6O4S2/c1-22(9-10-22)20(29)24-14-5-7-15(8-6-14)28-34(30,31)16-4-2-3-13(11-16)18-26-19(32-27-18)17-12-33-21(23)25-17/h2-8,11-12,28H,9-10H2,1H3,(H2,23,25)(H,24,29). The maximum Gasteiger partial charge on any atom is 0.277 e. The largest absolute Gasteiger partial charge is 0.375 e. The van der Waals surface area contributed by atoms with E-state index in [9.17, 15) is 13.2 Å². The number of sulfonamides is 1. The van der Waals surface area contributed by atoms with Crippen molar-refractivity contribution in [3.05, 3.63) is 53.9 Å². The van der Waals surface area contributed by atoms with Crippen LogP contribution in [-0.4, -0.2) is 29.4 Å². The second kappa shape index (κ2) is 8.22. The molecule has 5 rings (SSSR count). The molecule has 0 saturated heterocycles. The van der Waals surface area contributed by atoms with Gasteiger partial charge in [0.15, 0.2) is 5.13 Å². The fourth-order valence-corrected chi connectivity index (χ4v) is 4.81. The second-order valence-corrected chi connectivity index (χ2v) is 10.8. The summed E-state index contributed by atoms with van der Waals surface area (Å²) >= 11 is 1.25. The topological polar surface area (TPSA) is 153 Å². The predicted octanol–water partition coefficient (Wildman–Crippen LogP) is 3.98. The van der Waals surface area contributed by atoms with Crippen molar-refractivity contribution in [3.63, 3.8) is 0 Å². The Labute approximate surface area is 199 Å². The zero-order chi connectivity index (χ0) is 23.9. The van der Waals surface area contributed by atoms with E-state index < -0.39 is 10.0 Å². The van der Waals surface area contributed by atoms with Gasteiger partial charge in [0.25, 0.3) is 15.9 Å². The third-order valence-corrected chi connectivity index (χ3v) is 7.57. The predicted molar refractivity (Wildman–Crippen MR) is 128 cm³/mol. The summed E-state index contributed by atoms with van der Waals surface area (Å²) in [7, 11) is -3.89. The molecule has 0 radical (unpaired) electrons. The van der Waals surface area contributed by atoms with Crippen molar-refractivity contribution in [2.75, 3.05) is 15.8 Å². The van der Waals surface area contributed by atoms with Gasteiger partial charge in [-0.1, -0.05) is 24.2 Å². The van der Waals surface area contributed by atoms with Crippen LogP contribution in [0.2, 0.25) is 0 Å². The highest BCUT2D eigenvalue weighted by molar-refractivity contribution is 7.92. The average Bonchev–Trinajstić information content (AvgIpc) is 3.20. The first kappa shape index (κ1) is 22.0. The van der Waals surface area contributed by atoms with Crippen molar-refractivity contribution in [3.8, 4) is 23.0 Å². The van der Waals surface area contributed by atoms with Crippen LogP contribution in [0.4, 0.5) is 16.5 Å². The first-order valence-corrected chi connectivity index (χ1v) is 12.7. The Morgan fingerprint density at radius 2 is 1.85 bits per heavy atom. The Bertz CT molecular complexity index is 1470. The van der Waals surface area contributed by atoms with Gasteiger partial charge in [0, 0.05) is 27.7 Å². The fourth-order valence-electron chi connectivity index (χ4n) is 3.17. The number of nitrogen functional groups attached to an aromatic ring is 1. The molecule has 1 amide bonds. The van der Waals surface area contributed by atoms with Crippen molar-refractivity contribution >= 4 is 43.8 Å². The average molecular weight is 497 g/mol. The maximum absolute atomic E-state index is 12.9. The van der Waals surface area contributed by atoms with Crippen LogP contribution in [0.3, 0.4) is 0 Å². The normalized spacial score (nSPS) is 14.5. The lowest BCUT2D eigenvalue weighted by molar-refractivity contribution is -0.120. The minimum Gasteiger partial charge on any atom is -0.375 e. The van der Waals surface area contributed by atoms with Gasteiger partial charge in [-0.25, -0.2) is 13.4 Å². The van der Waals surface area contributed by atoms with Gasteiger partial charge in [0.1, 0.15) is 5.69 Å². The van der Waals surface area contributed by atoms with Crippen molar-refractivity contribution in [2.24, 2.45) is 5.41 Å². The van der Waals surface area contributed by atoms with Crippen LogP contribution in [0.5, 0.6) is 0 Å². The molecular formula is C22H20N6O4S2. The molecule has 1 saturated carbocycles. The number of nitrogens with one attached hydrogen (secondary N) is 2. The Morgan fingerprint density at radius 1 is 1.12 bits per heavy atom. The maximum atomic E-state index is 12.9. The van der Waals surface area contributed by atoms with E-state index in [1.54, 1.807) is 41.8 Å². The van der Waals surface area contributed by atoms with Crippen LogP contribution in [-0.2, 0) is 14.8 Å². The zero-order valence-electron chi connectivity index (χ0n) is 18.0. The smallest absolute Gasteiger partial charge is 0.277 e. The molecule has 1 aliphatic carbocycles. The van der Waals surface area contributed by atoms with Crippen LogP contribution < -0.4 is 15.8 Å². The van der Waals surface area contributed by atoms with Gasteiger partial charge < -0.3 is 15.6 Å². The van der Waals surface area contributed by atoms with Gasteiger partial charge in [-0.15, -0.1) is 11.3 Å². The molecule has 4 N–H and O–H groups in total. The molecule has 2 aromatic carbocycles. The van der Waals surface area contributed by atoms with Crippen LogP contribution in [0.15, 0.2) is 63.3 Å². The van der Waals surface area contributed by atoms with Gasteiger partial charge in [-0.3, -0.25) is 9.52 Å². The molecule has 2 aromatic heterocycles. The monoisotopic (exact) mass is 496 g/mol. The summed E-state index contributed by atoms with van der Waals surface area (Å²) in [6, 6.07) is 12.7. The number of carbonyl (C=O) groups is 1. The molecule has 0 aliphatic heterocycles. The summed E-state index contributed by atoms with van der Waals surface area (Å²) in [6.45, 7) is 1.92. The number of benzene rings is 2. The fraction of sp³-hybridized carbons (Fsp3) is 0.182. The van der Waals surface area contributed by atoms with Gasteiger partial charge in [-0.2, -0.15) is 4.98 Å². The third kappa shape index (κ3) is 4.50. The van der Waals surface area contributed by atoms with E-state index in [1.807, 2.05) is 6.92 Å².